The fourth-order valence-electron chi connectivity index (χ4n) is 2.81. The average molecular weight is 393 g/mol. The van der Waals surface area contributed by atoms with E-state index in [1.54, 1.807) is 12.1 Å². The zero-order valence-electron chi connectivity index (χ0n) is 11.0. The highest BCUT2D eigenvalue weighted by Crippen LogP contribution is 2.26. The van der Waals surface area contributed by atoms with Gasteiger partial charge in [-0.1, -0.05) is 57.2 Å². The van der Waals surface area contributed by atoms with Crippen molar-refractivity contribution >= 4 is 31.9 Å². The van der Waals surface area contributed by atoms with Crippen molar-refractivity contribution in [2.45, 2.75) is 44.7 Å². The molecular formula is C15H20Br2FN. The van der Waals surface area contributed by atoms with E-state index in [1.165, 1.54) is 37.7 Å². The zero-order valence-corrected chi connectivity index (χ0v) is 14.2. The zero-order chi connectivity index (χ0) is 13.7. The summed E-state index contributed by atoms with van der Waals surface area (Å²) in [5, 5.41) is 0.988. The highest BCUT2D eigenvalue weighted by atomic mass is 79.9. The van der Waals surface area contributed by atoms with Gasteiger partial charge in [0.15, 0.2) is 0 Å². The third-order valence-electron chi connectivity index (χ3n) is 3.85. The Hall–Kier alpha value is 0.0700. The van der Waals surface area contributed by atoms with Crippen molar-refractivity contribution in [2.24, 2.45) is 0 Å². The molecule has 1 aliphatic carbocycles. The van der Waals surface area contributed by atoms with Crippen LogP contribution in [0.2, 0.25) is 0 Å². The second-order valence-electron chi connectivity index (χ2n) is 5.19. The Balaban J connectivity index is 2.06. The van der Waals surface area contributed by atoms with Gasteiger partial charge in [0.1, 0.15) is 5.82 Å². The first kappa shape index (κ1) is 15.5. The van der Waals surface area contributed by atoms with E-state index in [0.29, 0.717) is 6.04 Å². The maximum absolute atomic E-state index is 13.1. The first-order valence-electron chi connectivity index (χ1n) is 6.94. The van der Waals surface area contributed by atoms with Gasteiger partial charge in [-0.05, 0) is 30.5 Å². The smallest absolute Gasteiger partial charge is 0.124 e. The number of nitrogens with zero attached hydrogens (tertiary/aromatic N) is 1. The van der Waals surface area contributed by atoms with Gasteiger partial charge in [-0.3, -0.25) is 4.90 Å². The summed E-state index contributed by atoms with van der Waals surface area (Å²) >= 11 is 7.02. The first-order chi connectivity index (χ1) is 9.20. The molecule has 0 atom stereocenters. The predicted molar refractivity (Wildman–Crippen MR) is 85.2 cm³/mol. The Morgan fingerprint density at radius 2 is 1.95 bits per heavy atom. The van der Waals surface area contributed by atoms with Crippen LogP contribution < -0.4 is 0 Å². The standard InChI is InChI=1S/C15H20Br2FN/c16-8-9-19(14-4-2-1-3-5-14)11-12-6-7-13(18)10-15(12)17/h6-7,10,14H,1-5,8-9,11H2. The van der Waals surface area contributed by atoms with E-state index in [4.69, 9.17) is 0 Å². The summed E-state index contributed by atoms with van der Waals surface area (Å²) in [4.78, 5) is 2.53. The van der Waals surface area contributed by atoms with Crippen LogP contribution in [-0.2, 0) is 6.54 Å². The van der Waals surface area contributed by atoms with Crippen molar-refractivity contribution < 1.29 is 4.39 Å². The highest BCUT2D eigenvalue weighted by molar-refractivity contribution is 9.10. The van der Waals surface area contributed by atoms with Gasteiger partial charge in [-0.25, -0.2) is 4.39 Å². The molecule has 19 heavy (non-hydrogen) atoms. The van der Waals surface area contributed by atoms with E-state index in [1.807, 2.05) is 6.07 Å². The SMILES string of the molecule is Fc1ccc(CN(CCBr)C2CCCCC2)c(Br)c1. The van der Waals surface area contributed by atoms with Crippen LogP contribution in [-0.4, -0.2) is 22.8 Å². The van der Waals surface area contributed by atoms with Gasteiger partial charge in [0.05, 0.1) is 0 Å². The largest absolute Gasteiger partial charge is 0.295 e. The van der Waals surface area contributed by atoms with Crippen LogP contribution in [0.3, 0.4) is 0 Å². The lowest BCUT2D eigenvalue weighted by Crippen LogP contribution is -2.37. The molecule has 4 heteroatoms. The van der Waals surface area contributed by atoms with E-state index in [2.05, 4.69) is 36.8 Å². The lowest BCUT2D eigenvalue weighted by molar-refractivity contribution is 0.157. The Labute approximate surface area is 131 Å². The van der Waals surface area contributed by atoms with Gasteiger partial charge >= 0.3 is 0 Å². The number of benzene rings is 1. The molecule has 0 spiro atoms. The molecular weight excluding hydrogens is 373 g/mol. The molecule has 1 saturated carbocycles. The van der Waals surface area contributed by atoms with Gasteiger partial charge in [-0.15, -0.1) is 0 Å². The summed E-state index contributed by atoms with van der Waals surface area (Å²) < 4.78 is 14.0. The minimum atomic E-state index is -0.180. The lowest BCUT2D eigenvalue weighted by Gasteiger charge is -2.34. The van der Waals surface area contributed by atoms with Gasteiger partial charge in [-0.2, -0.15) is 0 Å². The number of alkyl halides is 1. The summed E-state index contributed by atoms with van der Waals surface area (Å²) in [5.41, 5.74) is 1.17. The Morgan fingerprint density at radius 1 is 1.21 bits per heavy atom. The molecule has 1 nitrogen and oxygen atoms in total. The lowest BCUT2D eigenvalue weighted by atomic mass is 9.94. The van der Waals surface area contributed by atoms with Crippen LogP contribution in [0.1, 0.15) is 37.7 Å². The first-order valence-corrected chi connectivity index (χ1v) is 8.86. The van der Waals surface area contributed by atoms with Crippen molar-refractivity contribution in [3.05, 3.63) is 34.1 Å². The van der Waals surface area contributed by atoms with E-state index >= 15 is 0 Å². The predicted octanol–water partition coefficient (Wildman–Crippen LogP) is 5.12. The molecule has 1 aliphatic rings. The summed E-state index contributed by atoms with van der Waals surface area (Å²) in [6.45, 7) is 1.95. The van der Waals surface area contributed by atoms with Crippen LogP contribution in [0.15, 0.2) is 22.7 Å². The van der Waals surface area contributed by atoms with E-state index in [-0.39, 0.29) is 5.82 Å². The van der Waals surface area contributed by atoms with Crippen LogP contribution in [0.5, 0.6) is 0 Å². The molecule has 0 aliphatic heterocycles. The molecule has 0 radical (unpaired) electrons. The molecule has 0 N–H and O–H groups in total. The molecule has 0 heterocycles. The third kappa shape index (κ3) is 4.54. The van der Waals surface area contributed by atoms with Crippen molar-refractivity contribution in [2.75, 3.05) is 11.9 Å². The van der Waals surface area contributed by atoms with E-state index in [9.17, 15) is 4.39 Å². The maximum Gasteiger partial charge on any atom is 0.124 e. The quantitative estimate of drug-likeness (QED) is 0.628. The molecule has 0 unspecified atom stereocenters. The van der Waals surface area contributed by atoms with Crippen LogP contribution in [0, 0.1) is 5.82 Å². The molecule has 1 fully saturated rings. The summed E-state index contributed by atoms with van der Waals surface area (Å²) in [6.07, 6.45) is 6.65. The minimum absolute atomic E-state index is 0.180. The number of halogens is 3. The van der Waals surface area contributed by atoms with Crippen LogP contribution >= 0.6 is 31.9 Å². The Morgan fingerprint density at radius 3 is 2.58 bits per heavy atom. The molecule has 2 rings (SSSR count). The Bertz CT molecular complexity index is 405. The van der Waals surface area contributed by atoms with Crippen molar-refractivity contribution in [3.63, 3.8) is 0 Å². The summed E-state index contributed by atoms with van der Waals surface area (Å²) in [7, 11) is 0. The third-order valence-corrected chi connectivity index (χ3v) is 4.94. The number of hydrogen-bond acceptors (Lipinski definition) is 1. The number of rotatable bonds is 5. The van der Waals surface area contributed by atoms with Crippen LogP contribution in [0.4, 0.5) is 4.39 Å². The normalized spacial score (nSPS) is 17.1. The van der Waals surface area contributed by atoms with Gasteiger partial charge in [0.2, 0.25) is 0 Å². The fourth-order valence-corrected chi connectivity index (χ4v) is 3.75. The Kier molecular flexibility index (Phi) is 6.30. The van der Waals surface area contributed by atoms with Gasteiger partial charge in [0.25, 0.3) is 0 Å². The molecule has 1 aromatic carbocycles. The minimum Gasteiger partial charge on any atom is -0.295 e. The fraction of sp³-hybridized carbons (Fsp3) is 0.600. The summed E-state index contributed by atoms with van der Waals surface area (Å²) in [6, 6.07) is 5.68. The van der Waals surface area contributed by atoms with Crippen molar-refractivity contribution in [1.29, 1.82) is 0 Å². The van der Waals surface area contributed by atoms with Gasteiger partial charge in [0, 0.05) is 28.9 Å². The molecule has 1 aromatic rings. The monoisotopic (exact) mass is 391 g/mol. The average Bonchev–Trinajstić information content (AvgIpc) is 2.42. The molecule has 0 amide bonds. The van der Waals surface area contributed by atoms with Gasteiger partial charge < -0.3 is 0 Å². The second kappa shape index (κ2) is 7.75. The van der Waals surface area contributed by atoms with E-state index < -0.39 is 0 Å². The van der Waals surface area contributed by atoms with Crippen LogP contribution in [0.25, 0.3) is 0 Å². The second-order valence-corrected chi connectivity index (χ2v) is 6.83. The molecule has 0 aromatic heterocycles. The molecule has 0 bridgehead atoms. The molecule has 0 saturated heterocycles. The van der Waals surface area contributed by atoms with E-state index in [0.717, 1.165) is 22.9 Å². The van der Waals surface area contributed by atoms with Crippen molar-refractivity contribution in [3.8, 4) is 0 Å². The topological polar surface area (TPSA) is 3.24 Å². The summed E-state index contributed by atoms with van der Waals surface area (Å²) in [5.74, 6) is -0.180. The number of hydrogen-bond donors (Lipinski definition) is 0. The maximum atomic E-state index is 13.1. The van der Waals surface area contributed by atoms with Crippen molar-refractivity contribution in [1.82, 2.24) is 4.90 Å². The highest BCUT2D eigenvalue weighted by Gasteiger charge is 2.21. The molecule has 106 valence electrons.